The SMILES string of the molecule is CN(C(C)(C)C(=O)O)S(=O)(=O)c1ccc(C#N)cc1. The van der Waals surface area contributed by atoms with Gasteiger partial charge in [-0.3, -0.25) is 4.79 Å². The Hall–Kier alpha value is -1.91. The summed E-state index contributed by atoms with van der Waals surface area (Å²) in [6, 6.07) is 7.18. The highest BCUT2D eigenvalue weighted by molar-refractivity contribution is 7.89. The third kappa shape index (κ3) is 2.75. The molecule has 0 aromatic heterocycles. The van der Waals surface area contributed by atoms with E-state index in [4.69, 9.17) is 10.4 Å². The van der Waals surface area contributed by atoms with E-state index < -0.39 is 21.5 Å². The predicted octanol–water partition coefficient (Wildman–Crippen LogP) is 1.04. The fraction of sp³-hybridized carbons (Fsp3) is 0.333. The Morgan fingerprint density at radius 2 is 1.79 bits per heavy atom. The first-order chi connectivity index (χ1) is 8.64. The molecule has 0 aliphatic carbocycles. The van der Waals surface area contributed by atoms with Gasteiger partial charge < -0.3 is 5.11 Å². The molecule has 0 bridgehead atoms. The minimum Gasteiger partial charge on any atom is -0.480 e. The van der Waals surface area contributed by atoms with Crippen molar-refractivity contribution >= 4 is 16.0 Å². The largest absolute Gasteiger partial charge is 0.480 e. The Labute approximate surface area is 111 Å². The number of nitrogens with zero attached hydrogens (tertiary/aromatic N) is 2. The summed E-state index contributed by atoms with van der Waals surface area (Å²) in [5.74, 6) is -1.24. The number of carboxylic acids is 1. The van der Waals surface area contributed by atoms with E-state index in [9.17, 15) is 13.2 Å². The van der Waals surface area contributed by atoms with Crippen LogP contribution >= 0.6 is 0 Å². The van der Waals surface area contributed by atoms with Crippen LogP contribution in [0.5, 0.6) is 0 Å². The van der Waals surface area contributed by atoms with Crippen molar-refractivity contribution < 1.29 is 18.3 Å². The lowest BCUT2D eigenvalue weighted by Gasteiger charge is -2.30. The first kappa shape index (κ1) is 15.1. The molecule has 19 heavy (non-hydrogen) atoms. The van der Waals surface area contributed by atoms with E-state index in [-0.39, 0.29) is 4.90 Å². The molecule has 0 heterocycles. The molecule has 0 amide bonds. The molecule has 0 saturated heterocycles. The Morgan fingerprint density at radius 1 is 1.32 bits per heavy atom. The van der Waals surface area contributed by atoms with E-state index in [0.717, 1.165) is 4.31 Å². The minimum absolute atomic E-state index is 0.0525. The number of likely N-dealkylation sites (N-methyl/N-ethyl adjacent to an activating group) is 1. The van der Waals surface area contributed by atoms with Crippen LogP contribution in [-0.4, -0.2) is 36.4 Å². The Balaban J connectivity index is 3.24. The highest BCUT2D eigenvalue weighted by Crippen LogP contribution is 2.23. The summed E-state index contributed by atoms with van der Waals surface area (Å²) in [6.45, 7) is 2.60. The van der Waals surface area contributed by atoms with Gasteiger partial charge >= 0.3 is 5.97 Å². The summed E-state index contributed by atoms with van der Waals surface area (Å²) in [5, 5.41) is 17.7. The molecule has 0 aliphatic heterocycles. The lowest BCUT2D eigenvalue weighted by Crippen LogP contribution is -2.50. The molecule has 1 rings (SSSR count). The maximum absolute atomic E-state index is 12.3. The van der Waals surface area contributed by atoms with Crippen molar-refractivity contribution in [2.45, 2.75) is 24.3 Å². The van der Waals surface area contributed by atoms with Gasteiger partial charge in [0.2, 0.25) is 10.0 Å². The predicted molar refractivity (Wildman–Crippen MR) is 67.8 cm³/mol. The van der Waals surface area contributed by atoms with E-state index in [1.807, 2.05) is 6.07 Å². The van der Waals surface area contributed by atoms with Crippen LogP contribution in [0, 0.1) is 11.3 Å². The zero-order valence-corrected chi connectivity index (χ0v) is 11.6. The van der Waals surface area contributed by atoms with Crippen molar-refractivity contribution in [2.24, 2.45) is 0 Å². The molecule has 102 valence electrons. The summed E-state index contributed by atoms with van der Waals surface area (Å²) in [4.78, 5) is 11.0. The molecular formula is C12H14N2O4S. The maximum atomic E-state index is 12.3. The fourth-order valence-corrected chi connectivity index (χ4v) is 2.77. The van der Waals surface area contributed by atoms with Gasteiger partial charge in [0, 0.05) is 7.05 Å². The lowest BCUT2D eigenvalue weighted by atomic mass is 10.1. The average Bonchev–Trinajstić information content (AvgIpc) is 2.37. The molecular weight excluding hydrogens is 268 g/mol. The van der Waals surface area contributed by atoms with Crippen LogP contribution in [0.3, 0.4) is 0 Å². The monoisotopic (exact) mass is 282 g/mol. The van der Waals surface area contributed by atoms with Crippen LogP contribution in [0.2, 0.25) is 0 Å². The number of sulfonamides is 1. The highest BCUT2D eigenvalue weighted by Gasteiger charge is 2.39. The van der Waals surface area contributed by atoms with Crippen LogP contribution in [0.15, 0.2) is 29.2 Å². The summed E-state index contributed by atoms with van der Waals surface area (Å²) in [7, 11) is -2.71. The molecule has 0 fully saturated rings. The summed E-state index contributed by atoms with van der Waals surface area (Å²) >= 11 is 0. The van der Waals surface area contributed by atoms with Crippen LogP contribution in [0.25, 0.3) is 0 Å². The number of nitriles is 1. The van der Waals surface area contributed by atoms with E-state index in [0.29, 0.717) is 5.56 Å². The van der Waals surface area contributed by atoms with Gasteiger partial charge in [-0.15, -0.1) is 0 Å². The number of hydrogen-bond donors (Lipinski definition) is 1. The van der Waals surface area contributed by atoms with Crippen LogP contribution < -0.4 is 0 Å². The third-order valence-electron chi connectivity index (χ3n) is 2.95. The second kappa shape index (κ2) is 4.99. The number of benzene rings is 1. The van der Waals surface area contributed by atoms with Crippen molar-refractivity contribution in [3.8, 4) is 6.07 Å². The minimum atomic E-state index is -3.92. The smallest absolute Gasteiger partial charge is 0.324 e. The molecule has 0 saturated carbocycles. The molecule has 0 spiro atoms. The average molecular weight is 282 g/mol. The van der Waals surface area contributed by atoms with Crippen LogP contribution in [-0.2, 0) is 14.8 Å². The van der Waals surface area contributed by atoms with Gasteiger partial charge in [-0.25, -0.2) is 8.42 Å². The van der Waals surface area contributed by atoms with Gasteiger partial charge in [-0.05, 0) is 38.1 Å². The topological polar surface area (TPSA) is 98.5 Å². The molecule has 6 nitrogen and oxygen atoms in total. The van der Waals surface area contributed by atoms with Gasteiger partial charge in [-0.2, -0.15) is 9.57 Å². The van der Waals surface area contributed by atoms with Crippen molar-refractivity contribution in [3.63, 3.8) is 0 Å². The summed E-state index contributed by atoms with van der Waals surface area (Å²) < 4.78 is 25.3. The van der Waals surface area contributed by atoms with E-state index in [1.54, 1.807) is 0 Å². The molecule has 0 atom stereocenters. The van der Waals surface area contributed by atoms with Gasteiger partial charge in [0.05, 0.1) is 16.5 Å². The maximum Gasteiger partial charge on any atom is 0.324 e. The Bertz CT molecular complexity index is 627. The zero-order valence-electron chi connectivity index (χ0n) is 10.8. The lowest BCUT2D eigenvalue weighted by molar-refractivity contribution is -0.145. The Morgan fingerprint density at radius 3 is 2.16 bits per heavy atom. The quantitative estimate of drug-likeness (QED) is 0.889. The fourth-order valence-electron chi connectivity index (χ4n) is 1.29. The number of aliphatic carboxylic acids is 1. The molecule has 0 radical (unpaired) electrons. The number of carboxylic acid groups (broad SMARTS) is 1. The molecule has 1 aromatic rings. The standard InChI is InChI=1S/C12H14N2O4S/c1-12(2,11(15)16)14(3)19(17,18)10-6-4-9(8-13)5-7-10/h4-7H,1-3H3,(H,15,16). The first-order valence-corrected chi connectivity index (χ1v) is 6.80. The van der Waals surface area contributed by atoms with E-state index >= 15 is 0 Å². The number of rotatable bonds is 4. The van der Waals surface area contributed by atoms with Gasteiger partial charge in [0.1, 0.15) is 5.54 Å². The molecule has 7 heteroatoms. The van der Waals surface area contributed by atoms with Crippen LogP contribution in [0.1, 0.15) is 19.4 Å². The van der Waals surface area contributed by atoms with E-state index in [2.05, 4.69) is 0 Å². The van der Waals surface area contributed by atoms with Crippen LogP contribution in [0.4, 0.5) is 0 Å². The normalized spacial score (nSPS) is 12.2. The first-order valence-electron chi connectivity index (χ1n) is 5.36. The summed E-state index contributed by atoms with van der Waals surface area (Å²) in [5.41, 5.74) is -1.23. The van der Waals surface area contributed by atoms with Crippen molar-refractivity contribution in [1.82, 2.24) is 4.31 Å². The van der Waals surface area contributed by atoms with Gasteiger partial charge in [-0.1, -0.05) is 0 Å². The van der Waals surface area contributed by atoms with E-state index in [1.165, 1.54) is 45.2 Å². The second-order valence-corrected chi connectivity index (χ2v) is 6.44. The van der Waals surface area contributed by atoms with Crippen molar-refractivity contribution in [1.29, 1.82) is 5.26 Å². The van der Waals surface area contributed by atoms with Crippen molar-refractivity contribution in [3.05, 3.63) is 29.8 Å². The van der Waals surface area contributed by atoms with Gasteiger partial charge in [0.15, 0.2) is 0 Å². The molecule has 0 unspecified atom stereocenters. The van der Waals surface area contributed by atoms with Gasteiger partial charge in [0.25, 0.3) is 0 Å². The Kier molecular flexibility index (Phi) is 3.98. The molecule has 0 aliphatic rings. The number of carbonyl (C=O) groups is 1. The molecule has 1 aromatic carbocycles. The zero-order chi connectivity index (χ0) is 14.8. The second-order valence-electron chi connectivity index (χ2n) is 4.47. The van der Waals surface area contributed by atoms with Crippen molar-refractivity contribution in [2.75, 3.05) is 7.05 Å². The third-order valence-corrected chi connectivity index (χ3v) is 5.00. The molecule has 1 N–H and O–H groups in total. The number of hydrogen-bond acceptors (Lipinski definition) is 4. The summed E-state index contributed by atoms with van der Waals surface area (Å²) in [6.07, 6.45) is 0. The highest BCUT2D eigenvalue weighted by atomic mass is 32.2.